The van der Waals surface area contributed by atoms with E-state index in [0.717, 1.165) is 13.0 Å². The molecule has 10 heavy (non-hydrogen) atoms. The largest absolute Gasteiger partial charge is 0.303 e. The highest BCUT2D eigenvalue weighted by atomic mass is 35.5. The van der Waals surface area contributed by atoms with Gasteiger partial charge < -0.3 is 5.32 Å². The van der Waals surface area contributed by atoms with Crippen LogP contribution < -0.4 is 5.32 Å². The number of carbonyl (C=O) groups excluding carboxylic acids is 1. The Labute approximate surface area is 65.2 Å². The molecule has 0 fully saturated rings. The molecule has 0 aromatic heterocycles. The van der Waals surface area contributed by atoms with Gasteiger partial charge in [0.05, 0.1) is 11.9 Å². The summed E-state index contributed by atoms with van der Waals surface area (Å²) in [6, 6.07) is -0.258. The maximum absolute atomic E-state index is 10.9. The fourth-order valence-electron chi connectivity index (χ4n) is 0.844. The van der Waals surface area contributed by atoms with Crippen molar-refractivity contribution in [3.63, 3.8) is 0 Å². The monoisotopic (exact) mass is 158 g/mol. The van der Waals surface area contributed by atoms with E-state index < -0.39 is 0 Å². The number of Topliss-reactive ketones (excluding diaryl/α,β-unsaturated/α-hetero) is 1. The fourth-order valence-corrected chi connectivity index (χ4v) is 0.998. The Morgan fingerprint density at radius 1 is 1.90 bits per heavy atom. The molecule has 1 N–H and O–H groups in total. The van der Waals surface area contributed by atoms with E-state index >= 15 is 0 Å². The zero-order chi connectivity index (χ0) is 7.40. The van der Waals surface area contributed by atoms with Gasteiger partial charge in [-0.15, -0.1) is 11.6 Å². The second kappa shape index (κ2) is 3.74. The smallest absolute Gasteiger partial charge is 0.168 e. The van der Waals surface area contributed by atoms with Gasteiger partial charge in [0, 0.05) is 0 Å². The molecule has 0 spiro atoms. The van der Waals surface area contributed by atoms with E-state index in [9.17, 15) is 4.79 Å². The highest BCUT2D eigenvalue weighted by Crippen LogP contribution is 1.97. The molecule has 55 valence electrons. The van der Waals surface area contributed by atoms with Crippen LogP contribution in [0.5, 0.6) is 0 Å². The molecule has 1 heterocycles. The van der Waals surface area contributed by atoms with Gasteiger partial charge in [-0.3, -0.25) is 4.79 Å². The first kappa shape index (κ1) is 7.76. The van der Waals surface area contributed by atoms with Gasteiger partial charge in [-0.2, -0.15) is 0 Å². The number of carbonyl (C=O) groups is 1. The Bertz CT molecular complexity index is 156. The second-order valence-electron chi connectivity index (χ2n) is 2.15. The molecule has 1 unspecified atom stereocenters. The number of halogens is 1. The third-order valence-electron chi connectivity index (χ3n) is 1.38. The van der Waals surface area contributed by atoms with Crippen molar-refractivity contribution in [3.05, 3.63) is 12.2 Å². The van der Waals surface area contributed by atoms with Gasteiger partial charge in [0.2, 0.25) is 0 Å². The van der Waals surface area contributed by atoms with Gasteiger partial charge in [0.1, 0.15) is 0 Å². The molecule has 0 aliphatic carbocycles. The lowest BCUT2D eigenvalue weighted by Gasteiger charge is -2.14. The van der Waals surface area contributed by atoms with Crippen LogP contribution in [0.15, 0.2) is 6.08 Å². The summed E-state index contributed by atoms with van der Waals surface area (Å²) in [6.45, 7) is 0.848. The maximum Gasteiger partial charge on any atom is 0.168 e. The van der Waals surface area contributed by atoms with Crippen molar-refractivity contribution in [2.45, 2.75) is 12.5 Å². The molecule has 3 heteroatoms. The molecule has 2 nitrogen and oxygen atoms in total. The van der Waals surface area contributed by atoms with Crippen LogP contribution in [0.4, 0.5) is 0 Å². The Morgan fingerprint density at radius 2 is 2.70 bits per heavy atom. The number of nitrogens with one attached hydrogen (secondary N) is 1. The van der Waals surface area contributed by atoms with Gasteiger partial charge in [-0.1, -0.05) is 6.08 Å². The third-order valence-corrected chi connectivity index (χ3v) is 1.64. The van der Waals surface area contributed by atoms with Crippen LogP contribution in [-0.2, 0) is 4.79 Å². The second-order valence-corrected chi connectivity index (χ2v) is 2.41. The van der Waals surface area contributed by atoms with Crippen molar-refractivity contribution >= 4 is 17.4 Å². The molecule has 1 atom stereocenters. The van der Waals surface area contributed by atoms with Crippen LogP contribution in [0, 0.1) is 6.08 Å². The summed E-state index contributed by atoms with van der Waals surface area (Å²) in [6.07, 6.45) is 5.73. The minimum Gasteiger partial charge on any atom is -0.303 e. The molecule has 0 saturated carbocycles. The lowest BCUT2D eigenvalue weighted by Crippen LogP contribution is -2.38. The van der Waals surface area contributed by atoms with Gasteiger partial charge >= 0.3 is 0 Å². The SMILES string of the molecule is O=C(CCl)C1[C]=CCCN1. The van der Waals surface area contributed by atoms with E-state index in [1.54, 1.807) is 0 Å². The number of hydrogen-bond donors (Lipinski definition) is 1. The molecule has 0 bridgehead atoms. The number of ketones is 1. The summed E-state index contributed by atoms with van der Waals surface area (Å²) in [5, 5.41) is 2.99. The first-order valence-electron chi connectivity index (χ1n) is 3.24. The van der Waals surface area contributed by atoms with E-state index in [4.69, 9.17) is 11.6 Å². The number of alkyl halides is 1. The van der Waals surface area contributed by atoms with Crippen LogP contribution in [-0.4, -0.2) is 24.2 Å². The average Bonchev–Trinajstić information content (AvgIpc) is 2.05. The van der Waals surface area contributed by atoms with E-state index in [1.807, 2.05) is 6.08 Å². The van der Waals surface area contributed by atoms with E-state index in [-0.39, 0.29) is 17.7 Å². The molecule has 1 aliphatic heterocycles. The summed E-state index contributed by atoms with van der Waals surface area (Å²) in [5.41, 5.74) is 0. The zero-order valence-electron chi connectivity index (χ0n) is 5.56. The Kier molecular flexibility index (Phi) is 2.90. The molecule has 0 amide bonds. The first-order chi connectivity index (χ1) is 4.84. The Balaban J connectivity index is 2.46. The first-order valence-corrected chi connectivity index (χ1v) is 3.78. The highest BCUT2D eigenvalue weighted by Gasteiger charge is 2.14. The predicted octanol–water partition coefficient (Wildman–Crippen LogP) is 0.516. The summed E-state index contributed by atoms with van der Waals surface area (Å²) >= 11 is 5.34. The normalized spacial score (nSPS) is 24.7. The van der Waals surface area contributed by atoms with Gasteiger partial charge in [-0.25, -0.2) is 0 Å². The van der Waals surface area contributed by atoms with Gasteiger partial charge in [0.25, 0.3) is 0 Å². The van der Waals surface area contributed by atoms with Gasteiger partial charge in [0.15, 0.2) is 5.78 Å². The Hall–Kier alpha value is -0.340. The molecule has 0 aromatic rings. The highest BCUT2D eigenvalue weighted by molar-refractivity contribution is 6.28. The molecule has 1 aliphatic rings. The molecule has 0 aromatic carbocycles. The summed E-state index contributed by atoms with van der Waals surface area (Å²) in [7, 11) is 0. The van der Waals surface area contributed by atoms with E-state index in [1.165, 1.54) is 0 Å². The minimum absolute atomic E-state index is 0.00221. The van der Waals surface area contributed by atoms with E-state index in [2.05, 4.69) is 11.4 Å². The lowest BCUT2D eigenvalue weighted by atomic mass is 10.1. The molecule has 1 radical (unpaired) electrons. The number of rotatable bonds is 2. The predicted molar refractivity (Wildman–Crippen MR) is 39.9 cm³/mol. The van der Waals surface area contributed by atoms with Crippen LogP contribution >= 0.6 is 11.6 Å². The fraction of sp³-hybridized carbons (Fsp3) is 0.571. The molecular weight excluding hydrogens is 150 g/mol. The zero-order valence-corrected chi connectivity index (χ0v) is 6.32. The lowest BCUT2D eigenvalue weighted by molar-refractivity contribution is -0.117. The summed E-state index contributed by atoms with van der Waals surface area (Å²) in [4.78, 5) is 10.9. The van der Waals surface area contributed by atoms with Crippen molar-refractivity contribution in [2.75, 3.05) is 12.4 Å². The van der Waals surface area contributed by atoms with Gasteiger partial charge in [-0.05, 0) is 19.0 Å². The summed E-state index contributed by atoms with van der Waals surface area (Å²) in [5.74, 6) is 0.0658. The van der Waals surface area contributed by atoms with E-state index in [0.29, 0.717) is 0 Å². The maximum atomic E-state index is 10.9. The number of hydrogen-bond acceptors (Lipinski definition) is 2. The standard InChI is InChI=1S/C7H9ClNO/c8-5-7(10)6-3-1-2-4-9-6/h1,6,9H,2,4-5H2. The third kappa shape index (κ3) is 1.82. The van der Waals surface area contributed by atoms with Crippen molar-refractivity contribution in [1.29, 1.82) is 0 Å². The van der Waals surface area contributed by atoms with Crippen LogP contribution in [0.25, 0.3) is 0 Å². The molecular formula is C7H9ClNO. The van der Waals surface area contributed by atoms with Crippen molar-refractivity contribution < 1.29 is 4.79 Å². The van der Waals surface area contributed by atoms with Crippen molar-refractivity contribution in [2.24, 2.45) is 0 Å². The quantitative estimate of drug-likeness (QED) is 0.594. The summed E-state index contributed by atoms with van der Waals surface area (Å²) < 4.78 is 0. The molecule has 0 saturated heterocycles. The topological polar surface area (TPSA) is 29.1 Å². The van der Waals surface area contributed by atoms with Crippen molar-refractivity contribution in [1.82, 2.24) is 5.32 Å². The minimum atomic E-state index is -0.258. The van der Waals surface area contributed by atoms with Crippen LogP contribution in [0.2, 0.25) is 0 Å². The van der Waals surface area contributed by atoms with Crippen LogP contribution in [0.3, 0.4) is 0 Å². The molecule has 1 rings (SSSR count). The van der Waals surface area contributed by atoms with Crippen LogP contribution in [0.1, 0.15) is 6.42 Å². The average molecular weight is 159 g/mol. The Morgan fingerprint density at radius 3 is 3.20 bits per heavy atom. The van der Waals surface area contributed by atoms with Crippen molar-refractivity contribution in [3.8, 4) is 0 Å².